The maximum atomic E-state index is 10.2. The molecule has 0 heterocycles. The molecule has 0 radical (unpaired) electrons. The highest BCUT2D eigenvalue weighted by Gasteiger charge is 2.30. The summed E-state index contributed by atoms with van der Waals surface area (Å²) in [5.41, 5.74) is 6.81. The summed E-state index contributed by atoms with van der Waals surface area (Å²) in [6.45, 7) is 4.65. The third-order valence-electron chi connectivity index (χ3n) is 4.47. The molecule has 1 aromatic carbocycles. The van der Waals surface area contributed by atoms with Crippen LogP contribution in [-0.2, 0) is 6.54 Å². The molecule has 20 heavy (non-hydrogen) atoms. The molecule has 3 N–H and O–H groups in total. The van der Waals surface area contributed by atoms with E-state index < -0.39 is 0 Å². The Kier molecular flexibility index (Phi) is 5.26. The van der Waals surface area contributed by atoms with Crippen molar-refractivity contribution in [3.05, 3.63) is 23.8 Å². The van der Waals surface area contributed by atoms with Crippen LogP contribution in [0.3, 0.4) is 0 Å². The number of ether oxygens (including phenoxy) is 1. The van der Waals surface area contributed by atoms with Crippen molar-refractivity contribution in [3.8, 4) is 11.5 Å². The molecule has 0 aliphatic heterocycles. The van der Waals surface area contributed by atoms with E-state index in [4.69, 9.17) is 10.5 Å². The Balaban J connectivity index is 2.14. The molecule has 0 spiro atoms. The number of aromatic hydroxyl groups is 1. The van der Waals surface area contributed by atoms with Crippen molar-refractivity contribution in [3.63, 3.8) is 0 Å². The molecular formula is C16H26N2O2. The average molecular weight is 278 g/mol. The van der Waals surface area contributed by atoms with Gasteiger partial charge in [0, 0.05) is 18.2 Å². The summed E-state index contributed by atoms with van der Waals surface area (Å²) in [5, 5.41) is 10.2. The first kappa shape index (κ1) is 15.1. The fraction of sp³-hybridized carbons (Fsp3) is 0.625. The fourth-order valence-electron chi connectivity index (χ4n) is 3.32. The van der Waals surface area contributed by atoms with Gasteiger partial charge in [-0.05, 0) is 37.9 Å². The van der Waals surface area contributed by atoms with Gasteiger partial charge >= 0.3 is 0 Å². The highest BCUT2D eigenvalue weighted by Crippen LogP contribution is 2.34. The van der Waals surface area contributed by atoms with Gasteiger partial charge in [0.2, 0.25) is 0 Å². The molecule has 1 saturated carbocycles. The van der Waals surface area contributed by atoms with E-state index in [1.165, 1.54) is 19.3 Å². The summed E-state index contributed by atoms with van der Waals surface area (Å²) in [4.78, 5) is 2.43. The van der Waals surface area contributed by atoms with Crippen molar-refractivity contribution in [2.45, 2.75) is 38.8 Å². The first-order valence-electron chi connectivity index (χ1n) is 7.50. The SMILES string of the molecule is CCN(Cc1cccc(OC)c1O)C1CCCC1CN. The van der Waals surface area contributed by atoms with E-state index in [-0.39, 0.29) is 5.75 Å². The lowest BCUT2D eigenvalue weighted by Gasteiger charge is -2.32. The van der Waals surface area contributed by atoms with Crippen LogP contribution in [0.2, 0.25) is 0 Å². The summed E-state index contributed by atoms with van der Waals surface area (Å²) in [6, 6.07) is 6.22. The van der Waals surface area contributed by atoms with Crippen LogP contribution in [-0.4, -0.2) is 36.2 Å². The zero-order chi connectivity index (χ0) is 14.5. The minimum absolute atomic E-state index is 0.260. The standard InChI is InChI=1S/C16H26N2O2/c1-3-18(14-8-4-6-12(14)10-17)11-13-7-5-9-15(20-2)16(13)19/h5,7,9,12,14,19H,3-4,6,8,10-11,17H2,1-2H3. The van der Waals surface area contributed by atoms with E-state index in [2.05, 4.69) is 11.8 Å². The largest absolute Gasteiger partial charge is 0.504 e. The van der Waals surface area contributed by atoms with Gasteiger partial charge in [-0.1, -0.05) is 25.5 Å². The highest BCUT2D eigenvalue weighted by atomic mass is 16.5. The van der Waals surface area contributed by atoms with Crippen molar-refractivity contribution in [2.24, 2.45) is 11.7 Å². The molecule has 1 fully saturated rings. The number of hydrogen-bond acceptors (Lipinski definition) is 4. The fourth-order valence-corrected chi connectivity index (χ4v) is 3.32. The van der Waals surface area contributed by atoms with Crippen LogP contribution in [0.1, 0.15) is 31.7 Å². The molecule has 4 nitrogen and oxygen atoms in total. The van der Waals surface area contributed by atoms with Crippen LogP contribution < -0.4 is 10.5 Å². The summed E-state index contributed by atoms with van der Waals surface area (Å²) in [6.07, 6.45) is 3.69. The van der Waals surface area contributed by atoms with Gasteiger partial charge in [-0.2, -0.15) is 0 Å². The van der Waals surface area contributed by atoms with Gasteiger partial charge in [0.25, 0.3) is 0 Å². The van der Waals surface area contributed by atoms with Crippen LogP contribution in [0.5, 0.6) is 11.5 Å². The molecule has 1 aliphatic carbocycles. The predicted molar refractivity (Wildman–Crippen MR) is 80.9 cm³/mol. The summed E-state index contributed by atoms with van der Waals surface area (Å²) < 4.78 is 5.18. The molecule has 0 amide bonds. The number of benzene rings is 1. The monoisotopic (exact) mass is 278 g/mol. The molecule has 0 bridgehead atoms. The lowest BCUT2D eigenvalue weighted by molar-refractivity contribution is 0.160. The third-order valence-corrected chi connectivity index (χ3v) is 4.47. The van der Waals surface area contributed by atoms with Gasteiger partial charge in [0.1, 0.15) is 0 Å². The highest BCUT2D eigenvalue weighted by molar-refractivity contribution is 5.45. The van der Waals surface area contributed by atoms with Gasteiger partial charge in [0.05, 0.1) is 7.11 Å². The molecule has 112 valence electrons. The van der Waals surface area contributed by atoms with Crippen LogP contribution in [0.4, 0.5) is 0 Å². The molecule has 1 aliphatic rings. The third kappa shape index (κ3) is 3.07. The topological polar surface area (TPSA) is 58.7 Å². The van der Waals surface area contributed by atoms with Gasteiger partial charge in [-0.25, -0.2) is 0 Å². The van der Waals surface area contributed by atoms with E-state index in [0.717, 1.165) is 25.2 Å². The molecule has 0 saturated heterocycles. The second kappa shape index (κ2) is 6.95. The zero-order valence-electron chi connectivity index (χ0n) is 12.5. The molecule has 2 unspecified atom stereocenters. The smallest absolute Gasteiger partial charge is 0.162 e. The Morgan fingerprint density at radius 1 is 1.40 bits per heavy atom. The summed E-state index contributed by atoms with van der Waals surface area (Å²) in [7, 11) is 1.58. The molecule has 4 heteroatoms. The van der Waals surface area contributed by atoms with E-state index >= 15 is 0 Å². The number of hydrogen-bond donors (Lipinski definition) is 2. The Bertz CT molecular complexity index is 436. The number of phenols is 1. The first-order chi connectivity index (χ1) is 9.71. The number of phenolic OH excluding ortho intramolecular Hbond substituents is 1. The number of rotatable bonds is 6. The van der Waals surface area contributed by atoms with Gasteiger partial charge in [-0.3, -0.25) is 4.90 Å². The first-order valence-corrected chi connectivity index (χ1v) is 7.50. The second-order valence-corrected chi connectivity index (χ2v) is 5.53. The van der Waals surface area contributed by atoms with Crippen molar-refractivity contribution in [2.75, 3.05) is 20.2 Å². The van der Waals surface area contributed by atoms with Crippen LogP contribution >= 0.6 is 0 Å². The van der Waals surface area contributed by atoms with Crippen molar-refractivity contribution < 1.29 is 9.84 Å². The number of nitrogens with zero attached hydrogens (tertiary/aromatic N) is 1. The quantitative estimate of drug-likeness (QED) is 0.838. The molecule has 0 aromatic heterocycles. The molecular weight excluding hydrogens is 252 g/mol. The van der Waals surface area contributed by atoms with Crippen molar-refractivity contribution >= 4 is 0 Å². The lowest BCUT2D eigenvalue weighted by atomic mass is 10.0. The lowest BCUT2D eigenvalue weighted by Crippen LogP contribution is -2.39. The molecule has 1 aromatic rings. The number of methoxy groups -OCH3 is 1. The van der Waals surface area contributed by atoms with Crippen LogP contribution in [0.15, 0.2) is 18.2 Å². The Morgan fingerprint density at radius 3 is 2.85 bits per heavy atom. The molecule has 2 rings (SSSR count). The predicted octanol–water partition coefficient (Wildman–Crippen LogP) is 2.35. The normalized spacial score (nSPS) is 22.4. The Hall–Kier alpha value is -1.26. The van der Waals surface area contributed by atoms with E-state index in [0.29, 0.717) is 17.7 Å². The van der Waals surface area contributed by atoms with Crippen LogP contribution in [0.25, 0.3) is 0 Å². The van der Waals surface area contributed by atoms with Crippen molar-refractivity contribution in [1.29, 1.82) is 0 Å². The molecule has 2 atom stereocenters. The number of nitrogens with two attached hydrogens (primary N) is 1. The summed E-state index contributed by atoms with van der Waals surface area (Å²) in [5.74, 6) is 1.39. The van der Waals surface area contributed by atoms with Gasteiger partial charge in [-0.15, -0.1) is 0 Å². The second-order valence-electron chi connectivity index (χ2n) is 5.53. The minimum atomic E-state index is 0.260. The average Bonchev–Trinajstić information content (AvgIpc) is 2.94. The van der Waals surface area contributed by atoms with E-state index in [1.54, 1.807) is 13.2 Å². The maximum absolute atomic E-state index is 10.2. The zero-order valence-corrected chi connectivity index (χ0v) is 12.5. The van der Waals surface area contributed by atoms with Crippen LogP contribution in [0, 0.1) is 5.92 Å². The van der Waals surface area contributed by atoms with Gasteiger partial charge in [0.15, 0.2) is 11.5 Å². The minimum Gasteiger partial charge on any atom is -0.504 e. The van der Waals surface area contributed by atoms with E-state index in [9.17, 15) is 5.11 Å². The number of para-hydroxylation sites is 1. The van der Waals surface area contributed by atoms with Crippen molar-refractivity contribution in [1.82, 2.24) is 4.90 Å². The Labute approximate surface area is 121 Å². The van der Waals surface area contributed by atoms with Gasteiger partial charge < -0.3 is 15.6 Å². The maximum Gasteiger partial charge on any atom is 0.162 e. The summed E-state index contributed by atoms with van der Waals surface area (Å²) >= 11 is 0. The Morgan fingerprint density at radius 2 is 2.20 bits per heavy atom. The van der Waals surface area contributed by atoms with E-state index in [1.807, 2.05) is 12.1 Å².